The average Bonchev–Trinajstić information content (AvgIpc) is 2.58. The molecule has 0 radical (unpaired) electrons. The van der Waals surface area contributed by atoms with Gasteiger partial charge in [0.25, 0.3) is 0 Å². The normalized spacial score (nSPS) is 18.2. The fourth-order valence-electron chi connectivity index (χ4n) is 3.06. The molecule has 1 aromatic heterocycles. The van der Waals surface area contributed by atoms with Gasteiger partial charge in [-0.3, -0.25) is 4.90 Å². The number of benzene rings is 1. The second kappa shape index (κ2) is 7.74. The predicted octanol–water partition coefficient (Wildman–Crippen LogP) is 2.90. The molecule has 25 heavy (non-hydrogen) atoms. The van der Waals surface area contributed by atoms with E-state index in [1.807, 2.05) is 25.1 Å². The van der Waals surface area contributed by atoms with E-state index < -0.39 is 11.6 Å². The molecule has 1 aromatic carbocycles. The van der Waals surface area contributed by atoms with Crippen molar-refractivity contribution in [1.29, 1.82) is 0 Å². The molecule has 1 atom stereocenters. The number of nitrogens with one attached hydrogen (secondary N) is 1. The Morgan fingerprint density at radius 3 is 2.88 bits per heavy atom. The van der Waals surface area contributed by atoms with Crippen molar-refractivity contribution < 1.29 is 8.78 Å². The number of anilines is 2. The number of hydrogen-bond donors (Lipinski definition) is 1. The van der Waals surface area contributed by atoms with Crippen LogP contribution in [-0.4, -0.2) is 48.1 Å². The fraction of sp³-hybridized carbons (Fsp3) is 0.444. The fourth-order valence-corrected chi connectivity index (χ4v) is 3.06. The van der Waals surface area contributed by atoms with Crippen LogP contribution < -0.4 is 10.2 Å². The third-order valence-corrected chi connectivity index (χ3v) is 4.35. The Morgan fingerprint density at radius 2 is 2.12 bits per heavy atom. The predicted molar refractivity (Wildman–Crippen MR) is 94.6 cm³/mol. The first-order valence-corrected chi connectivity index (χ1v) is 8.44. The van der Waals surface area contributed by atoms with Crippen LogP contribution in [0.5, 0.6) is 0 Å². The summed E-state index contributed by atoms with van der Waals surface area (Å²) < 4.78 is 26.9. The third kappa shape index (κ3) is 4.63. The first kappa shape index (κ1) is 17.5. The van der Waals surface area contributed by atoms with E-state index in [4.69, 9.17) is 0 Å². The number of likely N-dealkylation sites (tertiary alicyclic amines) is 1. The molecule has 1 aliphatic heterocycles. The monoisotopic (exact) mass is 347 g/mol. The van der Waals surface area contributed by atoms with Gasteiger partial charge in [-0.25, -0.2) is 13.8 Å². The molecule has 7 heteroatoms. The smallest absolute Gasteiger partial charge is 0.224 e. The van der Waals surface area contributed by atoms with E-state index in [1.54, 1.807) is 6.20 Å². The molecule has 1 fully saturated rings. The van der Waals surface area contributed by atoms with Gasteiger partial charge >= 0.3 is 0 Å². The molecule has 1 saturated heterocycles. The highest BCUT2D eigenvalue weighted by Gasteiger charge is 2.21. The van der Waals surface area contributed by atoms with Crippen LogP contribution in [-0.2, 0) is 6.54 Å². The van der Waals surface area contributed by atoms with Crippen molar-refractivity contribution >= 4 is 11.8 Å². The molecular formula is C18H23F2N5. The van der Waals surface area contributed by atoms with Crippen LogP contribution in [0.2, 0.25) is 0 Å². The van der Waals surface area contributed by atoms with Crippen molar-refractivity contribution in [3.63, 3.8) is 0 Å². The maximum atomic E-state index is 13.9. The standard InChI is InChI=1S/C18H23F2N5/c1-24(2)17-7-8-21-18(23-17)22-15-4-3-9-25(12-15)11-13-5-6-14(19)10-16(13)20/h5-8,10,15H,3-4,9,11-12H2,1-2H3,(H,21,22,23). The molecule has 1 N–H and O–H groups in total. The van der Waals surface area contributed by atoms with E-state index in [9.17, 15) is 8.78 Å². The molecule has 5 nitrogen and oxygen atoms in total. The second-order valence-corrected chi connectivity index (χ2v) is 6.59. The number of aromatic nitrogens is 2. The Labute approximate surface area is 146 Å². The van der Waals surface area contributed by atoms with E-state index in [0.717, 1.165) is 37.8 Å². The molecule has 2 heterocycles. The van der Waals surface area contributed by atoms with Crippen molar-refractivity contribution in [1.82, 2.24) is 14.9 Å². The van der Waals surface area contributed by atoms with Gasteiger partial charge in [-0.05, 0) is 31.5 Å². The molecule has 1 unspecified atom stereocenters. The zero-order chi connectivity index (χ0) is 17.8. The largest absolute Gasteiger partial charge is 0.363 e. The summed E-state index contributed by atoms with van der Waals surface area (Å²) in [5.74, 6) is 0.416. The summed E-state index contributed by atoms with van der Waals surface area (Å²) in [4.78, 5) is 12.9. The van der Waals surface area contributed by atoms with Gasteiger partial charge in [0, 0.05) is 51.1 Å². The summed E-state index contributed by atoms with van der Waals surface area (Å²) >= 11 is 0. The Morgan fingerprint density at radius 1 is 1.28 bits per heavy atom. The van der Waals surface area contributed by atoms with Crippen LogP contribution in [0.3, 0.4) is 0 Å². The van der Waals surface area contributed by atoms with Crippen LogP contribution >= 0.6 is 0 Å². The van der Waals surface area contributed by atoms with Crippen LogP contribution in [0.4, 0.5) is 20.5 Å². The molecule has 0 aliphatic carbocycles. The lowest BCUT2D eigenvalue weighted by molar-refractivity contribution is 0.206. The summed E-state index contributed by atoms with van der Waals surface area (Å²) in [6.45, 7) is 2.14. The summed E-state index contributed by atoms with van der Waals surface area (Å²) in [6.07, 6.45) is 3.75. The van der Waals surface area contributed by atoms with E-state index in [0.29, 0.717) is 18.1 Å². The minimum Gasteiger partial charge on any atom is -0.363 e. The van der Waals surface area contributed by atoms with Crippen molar-refractivity contribution in [2.75, 3.05) is 37.4 Å². The highest BCUT2D eigenvalue weighted by atomic mass is 19.1. The van der Waals surface area contributed by atoms with Crippen molar-refractivity contribution in [3.05, 3.63) is 47.7 Å². The average molecular weight is 347 g/mol. The van der Waals surface area contributed by atoms with Gasteiger partial charge in [-0.15, -0.1) is 0 Å². The molecular weight excluding hydrogens is 324 g/mol. The van der Waals surface area contributed by atoms with Gasteiger partial charge in [-0.2, -0.15) is 4.98 Å². The zero-order valence-corrected chi connectivity index (χ0v) is 14.5. The number of nitrogens with zero attached hydrogens (tertiary/aromatic N) is 4. The minimum atomic E-state index is -0.544. The lowest BCUT2D eigenvalue weighted by atomic mass is 10.0. The lowest BCUT2D eigenvalue weighted by Crippen LogP contribution is -2.42. The summed E-state index contributed by atoms with van der Waals surface area (Å²) in [7, 11) is 3.87. The van der Waals surface area contributed by atoms with Gasteiger partial charge in [-0.1, -0.05) is 6.07 Å². The molecule has 0 spiro atoms. The topological polar surface area (TPSA) is 44.3 Å². The highest BCUT2D eigenvalue weighted by Crippen LogP contribution is 2.19. The van der Waals surface area contributed by atoms with E-state index in [-0.39, 0.29) is 6.04 Å². The van der Waals surface area contributed by atoms with Crippen molar-refractivity contribution in [2.24, 2.45) is 0 Å². The number of hydrogen-bond acceptors (Lipinski definition) is 5. The Kier molecular flexibility index (Phi) is 5.43. The SMILES string of the molecule is CN(C)c1ccnc(NC2CCCN(Cc3ccc(F)cc3F)C2)n1. The molecule has 3 rings (SSSR count). The van der Waals surface area contributed by atoms with Gasteiger partial charge in [0.15, 0.2) is 0 Å². The lowest BCUT2D eigenvalue weighted by Gasteiger charge is -2.33. The Bertz CT molecular complexity index is 722. The number of halogens is 2. The second-order valence-electron chi connectivity index (χ2n) is 6.59. The summed E-state index contributed by atoms with van der Waals surface area (Å²) in [6, 6.07) is 5.82. The van der Waals surface area contributed by atoms with Gasteiger partial charge in [0.05, 0.1) is 0 Å². The van der Waals surface area contributed by atoms with E-state index >= 15 is 0 Å². The molecule has 0 saturated carbocycles. The zero-order valence-electron chi connectivity index (χ0n) is 14.5. The van der Waals surface area contributed by atoms with Crippen molar-refractivity contribution in [3.8, 4) is 0 Å². The number of piperidine rings is 1. The molecule has 0 amide bonds. The van der Waals surface area contributed by atoms with Gasteiger partial charge < -0.3 is 10.2 Å². The molecule has 1 aliphatic rings. The van der Waals surface area contributed by atoms with Crippen LogP contribution in [0.1, 0.15) is 18.4 Å². The minimum absolute atomic E-state index is 0.203. The third-order valence-electron chi connectivity index (χ3n) is 4.35. The Hall–Kier alpha value is -2.28. The quantitative estimate of drug-likeness (QED) is 0.901. The first-order chi connectivity index (χ1) is 12.0. The van der Waals surface area contributed by atoms with Gasteiger partial charge in [0.1, 0.15) is 17.5 Å². The van der Waals surface area contributed by atoms with E-state index in [2.05, 4.69) is 20.2 Å². The van der Waals surface area contributed by atoms with Crippen LogP contribution in [0, 0.1) is 11.6 Å². The van der Waals surface area contributed by atoms with Gasteiger partial charge in [0.2, 0.25) is 5.95 Å². The summed E-state index contributed by atoms with van der Waals surface area (Å²) in [5.41, 5.74) is 0.521. The molecule has 0 bridgehead atoms. The van der Waals surface area contributed by atoms with E-state index in [1.165, 1.54) is 12.1 Å². The maximum Gasteiger partial charge on any atom is 0.224 e. The van der Waals surface area contributed by atoms with Crippen LogP contribution in [0.25, 0.3) is 0 Å². The Balaban J connectivity index is 1.62. The summed E-state index contributed by atoms with van der Waals surface area (Å²) in [5, 5.41) is 3.37. The molecule has 134 valence electrons. The maximum absolute atomic E-state index is 13.9. The van der Waals surface area contributed by atoms with Crippen molar-refractivity contribution in [2.45, 2.75) is 25.4 Å². The number of rotatable bonds is 5. The first-order valence-electron chi connectivity index (χ1n) is 8.44. The van der Waals surface area contributed by atoms with Crippen LogP contribution in [0.15, 0.2) is 30.5 Å². The highest BCUT2D eigenvalue weighted by molar-refractivity contribution is 5.41. The molecule has 2 aromatic rings.